The Morgan fingerprint density at radius 1 is 1.42 bits per heavy atom. The third-order valence-electron chi connectivity index (χ3n) is 4.54. The first-order chi connectivity index (χ1) is 9.03. The Hall–Kier alpha value is -0.350. The van der Waals surface area contributed by atoms with Crippen LogP contribution >= 0.6 is 15.9 Å². The summed E-state index contributed by atoms with van der Waals surface area (Å²) in [5, 5.41) is 4.67. The number of aryl methyl sites for hydroxylation is 2. The van der Waals surface area contributed by atoms with E-state index in [2.05, 4.69) is 46.5 Å². The van der Waals surface area contributed by atoms with Crippen LogP contribution < -0.4 is 5.73 Å². The van der Waals surface area contributed by atoms with Gasteiger partial charge in [0.15, 0.2) is 0 Å². The summed E-state index contributed by atoms with van der Waals surface area (Å²) in [6.07, 6.45) is 6.76. The van der Waals surface area contributed by atoms with Crippen LogP contribution in [-0.4, -0.2) is 15.3 Å². The van der Waals surface area contributed by atoms with Crippen LogP contribution in [0.2, 0.25) is 0 Å². The van der Waals surface area contributed by atoms with Gasteiger partial charge in [-0.1, -0.05) is 20.3 Å². The van der Waals surface area contributed by atoms with Crippen molar-refractivity contribution in [3.8, 4) is 0 Å². The van der Waals surface area contributed by atoms with Gasteiger partial charge in [0.1, 0.15) is 0 Å². The molecule has 0 bridgehead atoms. The maximum absolute atomic E-state index is 6.64. The minimum absolute atomic E-state index is 0.0266. The van der Waals surface area contributed by atoms with Crippen molar-refractivity contribution in [2.24, 2.45) is 11.7 Å². The predicted molar refractivity (Wildman–Crippen MR) is 83.2 cm³/mol. The summed E-state index contributed by atoms with van der Waals surface area (Å²) in [5.74, 6) is 0.812. The van der Waals surface area contributed by atoms with Gasteiger partial charge >= 0.3 is 0 Å². The molecular formula is C15H26BrN3. The average molecular weight is 328 g/mol. The van der Waals surface area contributed by atoms with Crippen molar-refractivity contribution < 1.29 is 0 Å². The molecule has 4 heteroatoms. The van der Waals surface area contributed by atoms with Crippen LogP contribution in [0.1, 0.15) is 57.8 Å². The second kappa shape index (κ2) is 5.96. The van der Waals surface area contributed by atoms with Gasteiger partial charge in [0.2, 0.25) is 0 Å². The van der Waals surface area contributed by atoms with Crippen molar-refractivity contribution in [3.63, 3.8) is 0 Å². The van der Waals surface area contributed by atoms with E-state index >= 15 is 0 Å². The van der Waals surface area contributed by atoms with E-state index < -0.39 is 0 Å². The molecule has 1 fully saturated rings. The van der Waals surface area contributed by atoms with Crippen molar-refractivity contribution >= 4 is 15.9 Å². The molecule has 0 aromatic carbocycles. The van der Waals surface area contributed by atoms with Gasteiger partial charge in [-0.15, -0.1) is 0 Å². The molecule has 1 saturated carbocycles. The number of hydrogen-bond acceptors (Lipinski definition) is 2. The quantitative estimate of drug-likeness (QED) is 0.896. The Morgan fingerprint density at radius 2 is 2.16 bits per heavy atom. The van der Waals surface area contributed by atoms with Crippen molar-refractivity contribution in [1.82, 2.24) is 9.78 Å². The molecule has 2 unspecified atom stereocenters. The Morgan fingerprint density at radius 3 is 2.68 bits per heavy atom. The molecule has 0 amide bonds. The van der Waals surface area contributed by atoms with E-state index in [1.807, 2.05) is 0 Å². The zero-order valence-corrected chi connectivity index (χ0v) is 14.0. The molecular weight excluding hydrogens is 302 g/mol. The topological polar surface area (TPSA) is 43.8 Å². The summed E-state index contributed by atoms with van der Waals surface area (Å²) in [5.41, 5.74) is 9.06. The van der Waals surface area contributed by atoms with Crippen molar-refractivity contribution in [2.75, 3.05) is 0 Å². The van der Waals surface area contributed by atoms with Crippen molar-refractivity contribution in [1.29, 1.82) is 0 Å². The molecule has 108 valence electrons. The molecule has 1 aliphatic carbocycles. The zero-order chi connectivity index (χ0) is 14.0. The van der Waals surface area contributed by atoms with Gasteiger partial charge in [0.05, 0.1) is 15.9 Å². The highest BCUT2D eigenvalue weighted by Gasteiger charge is 2.36. The number of nitrogens with zero attached hydrogens (tertiary/aromatic N) is 2. The van der Waals surface area contributed by atoms with Gasteiger partial charge in [-0.25, -0.2) is 0 Å². The molecule has 0 saturated heterocycles. The number of hydrogen-bond donors (Lipinski definition) is 1. The molecule has 1 aromatic rings. The van der Waals surface area contributed by atoms with Crippen LogP contribution in [0.3, 0.4) is 0 Å². The SMILES string of the molecule is CCc1nn(CC)c(CC2(N)CCC(CC)C2)c1Br. The van der Waals surface area contributed by atoms with Gasteiger partial charge in [-0.2, -0.15) is 5.10 Å². The lowest BCUT2D eigenvalue weighted by Gasteiger charge is -2.25. The summed E-state index contributed by atoms with van der Waals surface area (Å²) >= 11 is 3.73. The van der Waals surface area contributed by atoms with E-state index in [4.69, 9.17) is 5.73 Å². The van der Waals surface area contributed by atoms with Crippen LogP contribution in [-0.2, 0) is 19.4 Å². The molecule has 2 rings (SSSR count). The van der Waals surface area contributed by atoms with Crippen molar-refractivity contribution in [2.45, 2.75) is 71.4 Å². The molecule has 3 nitrogen and oxygen atoms in total. The lowest BCUT2D eigenvalue weighted by Crippen LogP contribution is -2.40. The summed E-state index contributed by atoms with van der Waals surface area (Å²) in [6.45, 7) is 7.49. The molecule has 1 heterocycles. The van der Waals surface area contributed by atoms with Gasteiger partial charge in [-0.05, 0) is 54.5 Å². The molecule has 2 atom stereocenters. The van der Waals surface area contributed by atoms with E-state index in [-0.39, 0.29) is 5.54 Å². The summed E-state index contributed by atoms with van der Waals surface area (Å²) in [4.78, 5) is 0. The first-order valence-corrected chi connectivity index (χ1v) is 8.35. The number of nitrogens with two attached hydrogens (primary N) is 1. The molecule has 19 heavy (non-hydrogen) atoms. The van der Waals surface area contributed by atoms with Gasteiger partial charge in [-0.3, -0.25) is 4.68 Å². The Kier molecular flexibility index (Phi) is 4.72. The smallest absolute Gasteiger partial charge is 0.0766 e. The number of aromatic nitrogens is 2. The number of rotatable bonds is 5. The van der Waals surface area contributed by atoms with E-state index in [9.17, 15) is 0 Å². The third-order valence-corrected chi connectivity index (χ3v) is 5.45. The molecule has 2 N–H and O–H groups in total. The van der Waals surface area contributed by atoms with E-state index in [1.165, 1.54) is 23.0 Å². The first kappa shape index (κ1) is 15.0. The van der Waals surface area contributed by atoms with Crippen LogP contribution in [0, 0.1) is 5.92 Å². The average Bonchev–Trinajstić information content (AvgIpc) is 2.92. The molecule has 1 aromatic heterocycles. The molecule has 0 radical (unpaired) electrons. The second-order valence-electron chi connectivity index (χ2n) is 5.93. The molecule has 0 spiro atoms. The minimum atomic E-state index is -0.0266. The van der Waals surface area contributed by atoms with Gasteiger partial charge in [0.25, 0.3) is 0 Å². The summed E-state index contributed by atoms with van der Waals surface area (Å²) < 4.78 is 3.30. The second-order valence-corrected chi connectivity index (χ2v) is 6.73. The number of halogens is 1. The maximum Gasteiger partial charge on any atom is 0.0766 e. The highest BCUT2D eigenvalue weighted by atomic mass is 79.9. The summed E-state index contributed by atoms with van der Waals surface area (Å²) in [7, 11) is 0. The lowest BCUT2D eigenvalue weighted by molar-refractivity contribution is 0.393. The molecule has 1 aliphatic rings. The van der Waals surface area contributed by atoms with Crippen LogP contribution in [0.25, 0.3) is 0 Å². The van der Waals surface area contributed by atoms with Gasteiger partial charge < -0.3 is 5.73 Å². The fourth-order valence-corrected chi connectivity index (χ4v) is 4.00. The molecule has 0 aliphatic heterocycles. The van der Waals surface area contributed by atoms with Crippen LogP contribution in [0.15, 0.2) is 4.47 Å². The lowest BCUT2D eigenvalue weighted by atomic mass is 9.91. The van der Waals surface area contributed by atoms with Gasteiger partial charge in [0, 0.05) is 18.5 Å². The first-order valence-electron chi connectivity index (χ1n) is 7.55. The fourth-order valence-electron chi connectivity index (χ4n) is 3.30. The highest BCUT2D eigenvalue weighted by molar-refractivity contribution is 9.10. The Bertz CT molecular complexity index is 441. The summed E-state index contributed by atoms with van der Waals surface area (Å²) in [6, 6.07) is 0. The maximum atomic E-state index is 6.64. The zero-order valence-electron chi connectivity index (χ0n) is 12.4. The normalized spacial score (nSPS) is 27.1. The Balaban J connectivity index is 2.21. The van der Waals surface area contributed by atoms with E-state index in [1.54, 1.807) is 0 Å². The van der Waals surface area contributed by atoms with Crippen LogP contribution in [0.5, 0.6) is 0 Å². The standard InChI is InChI=1S/C15H26BrN3/c1-4-11-7-8-15(17,9-11)10-13-14(16)12(5-2)18-19(13)6-3/h11H,4-10,17H2,1-3H3. The Labute approximate surface area is 125 Å². The highest BCUT2D eigenvalue weighted by Crippen LogP contribution is 2.38. The van der Waals surface area contributed by atoms with E-state index in [0.717, 1.165) is 43.8 Å². The predicted octanol–water partition coefficient (Wildman–Crippen LogP) is 3.68. The van der Waals surface area contributed by atoms with Crippen LogP contribution in [0.4, 0.5) is 0 Å². The fraction of sp³-hybridized carbons (Fsp3) is 0.800. The largest absolute Gasteiger partial charge is 0.325 e. The monoisotopic (exact) mass is 327 g/mol. The van der Waals surface area contributed by atoms with Crippen molar-refractivity contribution in [3.05, 3.63) is 15.9 Å². The third kappa shape index (κ3) is 3.05. The minimum Gasteiger partial charge on any atom is -0.325 e. The van der Waals surface area contributed by atoms with E-state index in [0.29, 0.717) is 0 Å².